The van der Waals surface area contributed by atoms with E-state index in [1.165, 1.54) is 5.56 Å². The van der Waals surface area contributed by atoms with Gasteiger partial charge in [0.05, 0.1) is 18.4 Å². The van der Waals surface area contributed by atoms with Gasteiger partial charge in [-0.05, 0) is 30.2 Å². The van der Waals surface area contributed by atoms with Crippen molar-refractivity contribution in [2.45, 2.75) is 26.3 Å². The molecule has 0 amide bonds. The van der Waals surface area contributed by atoms with Crippen molar-refractivity contribution >= 4 is 11.0 Å². The molecule has 0 bridgehead atoms. The lowest BCUT2D eigenvalue weighted by Gasteiger charge is -2.08. The van der Waals surface area contributed by atoms with Crippen molar-refractivity contribution in [1.82, 2.24) is 14.5 Å². The van der Waals surface area contributed by atoms with Crippen molar-refractivity contribution in [3.05, 3.63) is 58.8 Å². The summed E-state index contributed by atoms with van der Waals surface area (Å²) < 4.78 is 7.25. The summed E-state index contributed by atoms with van der Waals surface area (Å²) in [5.41, 5.74) is 2.46. The van der Waals surface area contributed by atoms with Crippen LogP contribution in [0.1, 0.15) is 18.9 Å². The van der Waals surface area contributed by atoms with Crippen LogP contribution >= 0.6 is 0 Å². The number of rotatable bonds is 6. The third-order valence-corrected chi connectivity index (χ3v) is 3.60. The molecule has 5 heteroatoms. The van der Waals surface area contributed by atoms with Crippen molar-refractivity contribution in [2.75, 3.05) is 6.61 Å². The fourth-order valence-electron chi connectivity index (χ4n) is 2.43. The van der Waals surface area contributed by atoms with Crippen LogP contribution in [0.25, 0.3) is 11.0 Å². The normalized spacial score (nSPS) is 11.0. The van der Waals surface area contributed by atoms with Crippen molar-refractivity contribution < 1.29 is 4.74 Å². The van der Waals surface area contributed by atoms with Gasteiger partial charge in [-0.1, -0.05) is 25.5 Å². The molecule has 3 rings (SSSR count). The second-order valence-corrected chi connectivity index (χ2v) is 5.22. The number of fused-ring (bicyclic) bond motifs is 1. The van der Waals surface area contributed by atoms with Gasteiger partial charge < -0.3 is 9.72 Å². The first-order chi connectivity index (χ1) is 10.8. The van der Waals surface area contributed by atoms with E-state index in [2.05, 4.69) is 29.0 Å². The summed E-state index contributed by atoms with van der Waals surface area (Å²) in [6.07, 6.45) is 5.50. The molecule has 0 saturated carbocycles. The largest absolute Gasteiger partial charge is 0.492 e. The number of ether oxygens (including phenoxy) is 1. The van der Waals surface area contributed by atoms with Crippen LogP contribution in [0.3, 0.4) is 0 Å². The van der Waals surface area contributed by atoms with E-state index in [-0.39, 0.29) is 5.56 Å². The number of hydrogen-bond donors (Lipinski definition) is 1. The maximum atomic E-state index is 12.2. The molecule has 0 radical (unpaired) electrons. The molecule has 114 valence electrons. The zero-order valence-electron chi connectivity index (χ0n) is 12.6. The first-order valence-corrected chi connectivity index (χ1v) is 7.52. The minimum Gasteiger partial charge on any atom is -0.492 e. The van der Waals surface area contributed by atoms with Gasteiger partial charge in [0.2, 0.25) is 0 Å². The smallest absolute Gasteiger partial charge is 0.277 e. The number of H-pyrrole nitrogens is 1. The Kier molecular flexibility index (Phi) is 4.23. The predicted octanol–water partition coefficient (Wildman–Crippen LogP) is 2.76. The predicted molar refractivity (Wildman–Crippen MR) is 86.3 cm³/mol. The summed E-state index contributed by atoms with van der Waals surface area (Å²) >= 11 is 0. The fraction of sp³-hybridized carbons (Fsp3) is 0.294. The Bertz CT molecular complexity index is 803. The van der Waals surface area contributed by atoms with Crippen LogP contribution in [0.15, 0.2) is 47.7 Å². The summed E-state index contributed by atoms with van der Waals surface area (Å²) in [6.45, 7) is 3.07. The van der Waals surface area contributed by atoms with Crippen LogP contribution in [0.5, 0.6) is 5.75 Å². The van der Waals surface area contributed by atoms with Gasteiger partial charge in [0.15, 0.2) is 0 Å². The molecule has 1 N–H and O–H groups in total. The first kappa shape index (κ1) is 14.4. The van der Waals surface area contributed by atoms with Crippen LogP contribution < -0.4 is 10.3 Å². The number of hydrogen-bond acceptors (Lipinski definition) is 3. The number of aromatic nitrogens is 3. The van der Waals surface area contributed by atoms with E-state index >= 15 is 0 Å². The van der Waals surface area contributed by atoms with Crippen molar-refractivity contribution in [2.24, 2.45) is 0 Å². The van der Waals surface area contributed by atoms with E-state index in [0.29, 0.717) is 24.2 Å². The van der Waals surface area contributed by atoms with Crippen LogP contribution in [-0.4, -0.2) is 21.1 Å². The first-order valence-electron chi connectivity index (χ1n) is 7.52. The van der Waals surface area contributed by atoms with Crippen molar-refractivity contribution in [3.8, 4) is 5.75 Å². The van der Waals surface area contributed by atoms with E-state index in [1.54, 1.807) is 23.2 Å². The lowest BCUT2D eigenvalue weighted by Crippen LogP contribution is -2.23. The molecule has 0 atom stereocenters. The third kappa shape index (κ3) is 3.03. The molecule has 0 unspecified atom stereocenters. The number of nitrogens with one attached hydrogen (secondary N) is 1. The number of aryl methyl sites for hydroxylation is 1. The zero-order chi connectivity index (χ0) is 15.4. The van der Waals surface area contributed by atoms with Crippen LogP contribution in [0.2, 0.25) is 0 Å². The summed E-state index contributed by atoms with van der Waals surface area (Å²) in [7, 11) is 0. The molecular formula is C17H19N3O2. The summed E-state index contributed by atoms with van der Waals surface area (Å²) in [5, 5.41) is 0. The van der Waals surface area contributed by atoms with Crippen LogP contribution in [0, 0.1) is 0 Å². The molecule has 22 heavy (non-hydrogen) atoms. The lowest BCUT2D eigenvalue weighted by molar-refractivity contribution is 0.296. The van der Waals surface area contributed by atoms with E-state index in [0.717, 1.165) is 18.6 Å². The van der Waals surface area contributed by atoms with Gasteiger partial charge in [-0.2, -0.15) is 0 Å². The molecule has 3 aromatic rings. The average molecular weight is 297 g/mol. The Hall–Kier alpha value is -2.56. The number of aromatic amines is 1. The second kappa shape index (κ2) is 6.47. The maximum Gasteiger partial charge on any atom is 0.277 e. The molecule has 0 aliphatic carbocycles. The Morgan fingerprint density at radius 2 is 2.05 bits per heavy atom. The van der Waals surface area contributed by atoms with Gasteiger partial charge in [0.1, 0.15) is 17.9 Å². The van der Waals surface area contributed by atoms with Crippen molar-refractivity contribution in [1.29, 1.82) is 0 Å². The van der Waals surface area contributed by atoms with Crippen molar-refractivity contribution in [3.63, 3.8) is 0 Å². The van der Waals surface area contributed by atoms with Gasteiger partial charge in [0, 0.05) is 6.20 Å². The Balaban J connectivity index is 1.62. The van der Waals surface area contributed by atoms with E-state index in [9.17, 15) is 4.79 Å². The summed E-state index contributed by atoms with van der Waals surface area (Å²) in [4.78, 5) is 19.3. The molecule has 5 nitrogen and oxygen atoms in total. The van der Waals surface area contributed by atoms with Gasteiger partial charge >= 0.3 is 0 Å². The van der Waals surface area contributed by atoms with Crippen LogP contribution in [0.4, 0.5) is 0 Å². The van der Waals surface area contributed by atoms with Gasteiger partial charge in [-0.15, -0.1) is 0 Å². The average Bonchev–Trinajstić information content (AvgIpc) is 3.01. The Morgan fingerprint density at radius 3 is 2.82 bits per heavy atom. The zero-order valence-corrected chi connectivity index (χ0v) is 12.6. The minimum absolute atomic E-state index is 0.0723. The van der Waals surface area contributed by atoms with Gasteiger partial charge in [-0.3, -0.25) is 9.36 Å². The molecule has 0 fully saturated rings. The highest BCUT2D eigenvalue weighted by Gasteiger charge is 2.04. The molecule has 1 aromatic carbocycles. The highest BCUT2D eigenvalue weighted by molar-refractivity contribution is 5.73. The quantitative estimate of drug-likeness (QED) is 0.761. The molecule has 2 heterocycles. The monoisotopic (exact) mass is 297 g/mol. The van der Waals surface area contributed by atoms with Gasteiger partial charge in [0.25, 0.3) is 5.56 Å². The maximum absolute atomic E-state index is 12.2. The molecule has 2 aromatic heterocycles. The SMILES string of the molecule is CCCc1ccc(OCCn2cnc3cc[nH]c3c2=O)cc1. The van der Waals surface area contributed by atoms with Crippen LogP contribution in [-0.2, 0) is 13.0 Å². The minimum atomic E-state index is -0.0723. The Labute approximate surface area is 128 Å². The van der Waals surface area contributed by atoms with Gasteiger partial charge in [-0.25, -0.2) is 4.98 Å². The number of benzene rings is 1. The van der Waals surface area contributed by atoms with E-state index in [1.807, 2.05) is 12.1 Å². The molecule has 0 aliphatic rings. The highest BCUT2D eigenvalue weighted by Crippen LogP contribution is 2.13. The fourth-order valence-corrected chi connectivity index (χ4v) is 2.43. The second-order valence-electron chi connectivity index (χ2n) is 5.22. The topological polar surface area (TPSA) is 59.9 Å². The molecule has 0 spiro atoms. The standard InChI is InChI=1S/C17H19N3O2/c1-2-3-13-4-6-14(7-5-13)22-11-10-20-12-19-15-8-9-18-16(15)17(20)21/h4-9,12,18H,2-3,10-11H2,1H3. The van der Waals surface area contributed by atoms with E-state index in [4.69, 9.17) is 4.74 Å². The lowest BCUT2D eigenvalue weighted by atomic mass is 10.1. The Morgan fingerprint density at radius 1 is 1.23 bits per heavy atom. The molecular weight excluding hydrogens is 278 g/mol. The third-order valence-electron chi connectivity index (χ3n) is 3.60. The summed E-state index contributed by atoms with van der Waals surface area (Å²) in [5.74, 6) is 0.821. The highest BCUT2D eigenvalue weighted by atomic mass is 16.5. The molecule has 0 aliphatic heterocycles. The number of nitrogens with zero attached hydrogens (tertiary/aromatic N) is 2. The van der Waals surface area contributed by atoms with E-state index < -0.39 is 0 Å². The summed E-state index contributed by atoms with van der Waals surface area (Å²) in [6, 6.07) is 9.89. The molecule has 0 saturated heterocycles.